The summed E-state index contributed by atoms with van der Waals surface area (Å²) in [5, 5.41) is 3.04. The number of alkyl halides is 3. The Morgan fingerprint density at radius 1 is 1.33 bits per heavy atom. The standard InChI is InChI=1S/C13H19F3N2/c1-17-12(11-7-4-8-18-11)9-5-2-3-6-10(9)13(14,15)16/h4,7-10,12,17-18H,2-3,5-6H2,1H3. The zero-order valence-corrected chi connectivity index (χ0v) is 10.4. The van der Waals surface area contributed by atoms with Gasteiger partial charge in [0.1, 0.15) is 0 Å². The third-order valence-corrected chi connectivity index (χ3v) is 3.94. The molecule has 2 N–H and O–H groups in total. The fourth-order valence-electron chi connectivity index (χ4n) is 3.10. The second kappa shape index (κ2) is 5.34. The summed E-state index contributed by atoms with van der Waals surface area (Å²) >= 11 is 0. The second-order valence-electron chi connectivity index (χ2n) is 4.99. The summed E-state index contributed by atoms with van der Waals surface area (Å²) in [6.45, 7) is 0. The van der Waals surface area contributed by atoms with Crippen LogP contribution in [0.3, 0.4) is 0 Å². The Labute approximate surface area is 105 Å². The van der Waals surface area contributed by atoms with Gasteiger partial charge in [-0.25, -0.2) is 0 Å². The molecule has 0 bridgehead atoms. The predicted octanol–water partition coefficient (Wildman–Crippen LogP) is 3.64. The van der Waals surface area contributed by atoms with Crippen LogP contribution in [0.5, 0.6) is 0 Å². The summed E-state index contributed by atoms with van der Waals surface area (Å²) in [6.07, 6.45) is 0.123. The average Bonchev–Trinajstić information content (AvgIpc) is 2.83. The number of aromatic amines is 1. The van der Waals surface area contributed by atoms with Crippen LogP contribution < -0.4 is 5.32 Å². The fraction of sp³-hybridized carbons (Fsp3) is 0.692. The highest BCUT2D eigenvalue weighted by molar-refractivity contribution is 5.11. The summed E-state index contributed by atoms with van der Waals surface area (Å²) in [7, 11) is 1.73. The van der Waals surface area contributed by atoms with Gasteiger partial charge in [0.15, 0.2) is 0 Å². The molecular weight excluding hydrogens is 241 g/mol. The van der Waals surface area contributed by atoms with Gasteiger partial charge in [-0.3, -0.25) is 0 Å². The third-order valence-electron chi connectivity index (χ3n) is 3.94. The quantitative estimate of drug-likeness (QED) is 0.853. The molecule has 1 fully saturated rings. The molecule has 3 atom stereocenters. The first kappa shape index (κ1) is 13.5. The molecule has 1 saturated carbocycles. The SMILES string of the molecule is CNC(c1ccc[nH]1)C1CCCCC1C(F)(F)F. The molecule has 0 spiro atoms. The van der Waals surface area contributed by atoms with Gasteiger partial charge in [-0.05, 0) is 37.9 Å². The van der Waals surface area contributed by atoms with Crippen LogP contribution in [0, 0.1) is 11.8 Å². The van der Waals surface area contributed by atoms with E-state index in [0.717, 1.165) is 12.1 Å². The first-order valence-electron chi connectivity index (χ1n) is 6.41. The highest BCUT2D eigenvalue weighted by Gasteiger charge is 2.47. The Bertz CT molecular complexity index is 359. The van der Waals surface area contributed by atoms with Crippen molar-refractivity contribution in [2.45, 2.75) is 37.9 Å². The van der Waals surface area contributed by atoms with Crippen LogP contribution in [-0.4, -0.2) is 18.2 Å². The zero-order valence-electron chi connectivity index (χ0n) is 10.4. The summed E-state index contributed by atoms with van der Waals surface area (Å²) in [5.41, 5.74) is 0.846. The van der Waals surface area contributed by atoms with E-state index in [-0.39, 0.29) is 18.4 Å². The summed E-state index contributed by atoms with van der Waals surface area (Å²) in [5.74, 6) is -1.56. The number of aromatic nitrogens is 1. The Morgan fingerprint density at radius 3 is 2.61 bits per heavy atom. The van der Waals surface area contributed by atoms with E-state index in [0.29, 0.717) is 12.8 Å². The van der Waals surface area contributed by atoms with E-state index >= 15 is 0 Å². The molecule has 0 radical (unpaired) electrons. The van der Waals surface area contributed by atoms with Gasteiger partial charge >= 0.3 is 6.18 Å². The molecule has 2 rings (SSSR count). The molecule has 1 heterocycles. The van der Waals surface area contributed by atoms with Crippen molar-refractivity contribution in [3.63, 3.8) is 0 Å². The van der Waals surface area contributed by atoms with E-state index in [9.17, 15) is 13.2 Å². The van der Waals surface area contributed by atoms with Gasteiger partial charge in [-0.2, -0.15) is 13.2 Å². The van der Waals surface area contributed by atoms with E-state index in [1.807, 2.05) is 12.1 Å². The lowest BCUT2D eigenvalue weighted by molar-refractivity contribution is -0.199. The monoisotopic (exact) mass is 260 g/mol. The van der Waals surface area contributed by atoms with Gasteiger partial charge in [-0.1, -0.05) is 12.8 Å². The van der Waals surface area contributed by atoms with Gasteiger partial charge < -0.3 is 10.3 Å². The number of nitrogens with one attached hydrogen (secondary N) is 2. The Morgan fingerprint density at radius 2 is 2.06 bits per heavy atom. The van der Waals surface area contributed by atoms with E-state index in [2.05, 4.69) is 10.3 Å². The first-order valence-corrected chi connectivity index (χ1v) is 6.41. The van der Waals surface area contributed by atoms with Crippen molar-refractivity contribution in [1.29, 1.82) is 0 Å². The summed E-state index contributed by atoms with van der Waals surface area (Å²) in [6, 6.07) is 3.43. The lowest BCUT2D eigenvalue weighted by atomic mass is 9.74. The molecule has 2 nitrogen and oxygen atoms in total. The maximum atomic E-state index is 13.1. The fourth-order valence-corrected chi connectivity index (χ4v) is 3.10. The van der Waals surface area contributed by atoms with Crippen LogP contribution in [0.25, 0.3) is 0 Å². The molecule has 1 aliphatic carbocycles. The van der Waals surface area contributed by atoms with Crippen LogP contribution in [-0.2, 0) is 0 Å². The minimum absolute atomic E-state index is 0.244. The molecule has 1 aromatic heterocycles. The van der Waals surface area contributed by atoms with Crippen molar-refractivity contribution in [3.8, 4) is 0 Å². The predicted molar refractivity (Wildman–Crippen MR) is 64.1 cm³/mol. The summed E-state index contributed by atoms with van der Waals surface area (Å²) < 4.78 is 39.3. The smallest absolute Gasteiger partial charge is 0.364 e. The van der Waals surface area contributed by atoms with Crippen molar-refractivity contribution >= 4 is 0 Å². The van der Waals surface area contributed by atoms with E-state index in [1.54, 1.807) is 13.2 Å². The normalized spacial score (nSPS) is 27.1. The zero-order chi connectivity index (χ0) is 13.2. The highest BCUT2D eigenvalue weighted by Crippen LogP contribution is 2.46. The van der Waals surface area contributed by atoms with Gasteiger partial charge in [0.25, 0.3) is 0 Å². The highest BCUT2D eigenvalue weighted by atomic mass is 19.4. The van der Waals surface area contributed by atoms with Gasteiger partial charge in [0.05, 0.1) is 12.0 Å². The maximum Gasteiger partial charge on any atom is 0.392 e. The molecule has 18 heavy (non-hydrogen) atoms. The second-order valence-corrected chi connectivity index (χ2v) is 4.99. The van der Waals surface area contributed by atoms with Crippen molar-refractivity contribution in [3.05, 3.63) is 24.0 Å². The minimum Gasteiger partial charge on any atom is -0.364 e. The molecule has 102 valence electrons. The van der Waals surface area contributed by atoms with E-state index < -0.39 is 12.1 Å². The maximum absolute atomic E-state index is 13.1. The molecular formula is C13H19F3N2. The lowest BCUT2D eigenvalue weighted by Gasteiger charge is -2.37. The van der Waals surface area contributed by atoms with Crippen LogP contribution in [0.15, 0.2) is 18.3 Å². The minimum atomic E-state index is -4.09. The number of rotatable bonds is 3. The van der Waals surface area contributed by atoms with Gasteiger partial charge in [0, 0.05) is 11.9 Å². The molecule has 0 saturated heterocycles. The Hall–Kier alpha value is -0.970. The van der Waals surface area contributed by atoms with Gasteiger partial charge in [0.2, 0.25) is 0 Å². The van der Waals surface area contributed by atoms with Crippen LogP contribution in [0.2, 0.25) is 0 Å². The molecule has 0 aromatic carbocycles. The van der Waals surface area contributed by atoms with Crippen LogP contribution in [0.4, 0.5) is 13.2 Å². The van der Waals surface area contributed by atoms with Crippen molar-refractivity contribution < 1.29 is 13.2 Å². The number of H-pyrrole nitrogens is 1. The largest absolute Gasteiger partial charge is 0.392 e. The molecule has 0 amide bonds. The molecule has 1 aromatic rings. The van der Waals surface area contributed by atoms with Crippen molar-refractivity contribution in [1.82, 2.24) is 10.3 Å². The first-order chi connectivity index (χ1) is 8.54. The number of hydrogen-bond donors (Lipinski definition) is 2. The summed E-state index contributed by atoms with van der Waals surface area (Å²) in [4.78, 5) is 3.03. The lowest BCUT2D eigenvalue weighted by Crippen LogP contribution is -2.40. The molecule has 0 aliphatic heterocycles. The number of halogens is 3. The molecule has 5 heteroatoms. The number of hydrogen-bond acceptors (Lipinski definition) is 1. The Balaban J connectivity index is 2.22. The molecule has 1 aliphatic rings. The van der Waals surface area contributed by atoms with Crippen molar-refractivity contribution in [2.24, 2.45) is 11.8 Å². The van der Waals surface area contributed by atoms with E-state index in [4.69, 9.17) is 0 Å². The third kappa shape index (κ3) is 2.71. The average molecular weight is 260 g/mol. The van der Waals surface area contributed by atoms with Crippen LogP contribution in [0.1, 0.15) is 37.4 Å². The van der Waals surface area contributed by atoms with Crippen LogP contribution >= 0.6 is 0 Å². The molecule has 3 unspecified atom stereocenters. The van der Waals surface area contributed by atoms with Crippen molar-refractivity contribution in [2.75, 3.05) is 7.05 Å². The van der Waals surface area contributed by atoms with Gasteiger partial charge in [-0.15, -0.1) is 0 Å². The van der Waals surface area contributed by atoms with E-state index in [1.165, 1.54) is 0 Å². The topological polar surface area (TPSA) is 27.8 Å². The Kier molecular flexibility index (Phi) is 4.00.